The molecule has 0 N–H and O–H groups in total. The smallest absolute Gasteiger partial charge is 0.306 e. The SMILES string of the molecule is CC/C=C\C/C=C\C/C=C\C/C=C\CCCCC(=O)OC(COC(=O)CC/C=C\C/C=C\C/C=C\C/C=C\CC)COC(=O)CCCCCCCCCCCCCCCCCCCCC/C=C\CCCCCCCCCC. The van der Waals surface area contributed by atoms with Crippen molar-refractivity contribution in [1.82, 2.24) is 0 Å². The zero-order valence-corrected chi connectivity index (χ0v) is 50.4. The van der Waals surface area contributed by atoms with Gasteiger partial charge < -0.3 is 14.2 Å². The van der Waals surface area contributed by atoms with Crippen LogP contribution in [0.2, 0.25) is 0 Å². The quantitative estimate of drug-likeness (QED) is 0.0261. The van der Waals surface area contributed by atoms with Gasteiger partial charge in [0, 0.05) is 19.3 Å². The Morgan fingerprint density at radius 3 is 0.909 bits per heavy atom. The van der Waals surface area contributed by atoms with E-state index in [1.807, 2.05) is 12.2 Å². The summed E-state index contributed by atoms with van der Waals surface area (Å²) in [7, 11) is 0. The van der Waals surface area contributed by atoms with Gasteiger partial charge in [0.15, 0.2) is 6.10 Å². The number of unbranched alkanes of at least 4 members (excludes halogenated alkanes) is 29. The summed E-state index contributed by atoms with van der Waals surface area (Å²) >= 11 is 0. The van der Waals surface area contributed by atoms with Gasteiger partial charge in [0.05, 0.1) is 0 Å². The number of ether oxygens (including phenoxy) is 3. The molecule has 0 bridgehead atoms. The second-order valence-corrected chi connectivity index (χ2v) is 21.3. The van der Waals surface area contributed by atoms with Crippen molar-refractivity contribution in [2.75, 3.05) is 13.2 Å². The number of carbonyl (C=O) groups is 3. The van der Waals surface area contributed by atoms with Gasteiger partial charge in [-0.15, -0.1) is 0 Å². The summed E-state index contributed by atoms with van der Waals surface area (Å²) in [6, 6.07) is 0. The molecule has 0 aromatic rings. The van der Waals surface area contributed by atoms with Crippen molar-refractivity contribution < 1.29 is 28.6 Å². The lowest BCUT2D eigenvalue weighted by Gasteiger charge is -2.18. The second kappa shape index (κ2) is 64.6. The molecular formula is C71H120O6. The molecule has 77 heavy (non-hydrogen) atoms. The molecular weight excluding hydrogens is 949 g/mol. The Morgan fingerprint density at radius 2 is 0.532 bits per heavy atom. The first kappa shape index (κ1) is 73.1. The molecule has 6 nitrogen and oxygen atoms in total. The van der Waals surface area contributed by atoms with Crippen LogP contribution in [0, 0.1) is 0 Å². The topological polar surface area (TPSA) is 78.9 Å². The first-order valence-electron chi connectivity index (χ1n) is 32.4. The van der Waals surface area contributed by atoms with Crippen molar-refractivity contribution in [2.45, 2.75) is 309 Å². The number of carbonyl (C=O) groups excluding carboxylic acids is 3. The highest BCUT2D eigenvalue weighted by atomic mass is 16.6. The van der Waals surface area contributed by atoms with Crippen LogP contribution in [0.1, 0.15) is 303 Å². The van der Waals surface area contributed by atoms with Crippen LogP contribution in [0.3, 0.4) is 0 Å². The molecule has 0 fully saturated rings. The van der Waals surface area contributed by atoms with Crippen molar-refractivity contribution in [3.8, 4) is 0 Å². The van der Waals surface area contributed by atoms with Crippen molar-refractivity contribution in [3.63, 3.8) is 0 Å². The molecule has 440 valence electrons. The third-order valence-electron chi connectivity index (χ3n) is 13.8. The number of hydrogen-bond donors (Lipinski definition) is 0. The van der Waals surface area contributed by atoms with Crippen LogP contribution in [0.15, 0.2) is 109 Å². The van der Waals surface area contributed by atoms with Crippen molar-refractivity contribution >= 4 is 17.9 Å². The van der Waals surface area contributed by atoms with Gasteiger partial charge in [0.25, 0.3) is 0 Å². The number of rotatable bonds is 58. The van der Waals surface area contributed by atoms with E-state index < -0.39 is 6.10 Å². The Balaban J connectivity index is 4.22. The van der Waals surface area contributed by atoms with E-state index in [1.54, 1.807) is 0 Å². The van der Waals surface area contributed by atoms with Crippen LogP contribution in [-0.4, -0.2) is 37.2 Å². The minimum atomic E-state index is -0.830. The minimum absolute atomic E-state index is 0.116. The number of esters is 3. The van der Waals surface area contributed by atoms with E-state index in [1.165, 1.54) is 167 Å². The molecule has 0 rings (SSSR count). The lowest BCUT2D eigenvalue weighted by Crippen LogP contribution is -2.30. The number of hydrogen-bond acceptors (Lipinski definition) is 6. The molecule has 0 saturated heterocycles. The van der Waals surface area contributed by atoms with Crippen molar-refractivity contribution in [2.24, 2.45) is 0 Å². The Bertz CT molecular complexity index is 1560. The van der Waals surface area contributed by atoms with Gasteiger partial charge in [-0.3, -0.25) is 14.4 Å². The van der Waals surface area contributed by atoms with Gasteiger partial charge >= 0.3 is 17.9 Å². The maximum absolute atomic E-state index is 12.8. The molecule has 0 aliphatic heterocycles. The molecule has 6 heteroatoms. The van der Waals surface area contributed by atoms with Crippen LogP contribution in [0.4, 0.5) is 0 Å². The molecule has 0 saturated carbocycles. The summed E-state index contributed by atoms with van der Waals surface area (Å²) in [5.41, 5.74) is 0. The fraction of sp³-hybridized carbons (Fsp3) is 0.704. The maximum atomic E-state index is 12.8. The third kappa shape index (κ3) is 62.8. The highest BCUT2D eigenvalue weighted by molar-refractivity contribution is 5.71. The van der Waals surface area contributed by atoms with E-state index in [9.17, 15) is 14.4 Å². The van der Waals surface area contributed by atoms with E-state index >= 15 is 0 Å². The Kier molecular flexibility index (Phi) is 61.3. The second-order valence-electron chi connectivity index (χ2n) is 21.3. The summed E-state index contributed by atoms with van der Waals surface area (Å²) in [6.45, 7) is 6.33. The van der Waals surface area contributed by atoms with Gasteiger partial charge in [-0.1, -0.05) is 284 Å². The van der Waals surface area contributed by atoms with Crippen LogP contribution < -0.4 is 0 Å². The van der Waals surface area contributed by atoms with Crippen molar-refractivity contribution in [3.05, 3.63) is 109 Å². The van der Waals surface area contributed by atoms with Crippen LogP contribution >= 0.6 is 0 Å². The Morgan fingerprint density at radius 1 is 0.273 bits per heavy atom. The van der Waals surface area contributed by atoms with Gasteiger partial charge in [-0.05, 0) is 109 Å². The zero-order chi connectivity index (χ0) is 55.7. The monoisotopic (exact) mass is 1070 g/mol. The lowest BCUT2D eigenvalue weighted by molar-refractivity contribution is -0.166. The molecule has 0 radical (unpaired) electrons. The summed E-state index contributed by atoms with van der Waals surface area (Å²) in [4.78, 5) is 38.2. The largest absolute Gasteiger partial charge is 0.462 e. The first-order chi connectivity index (χ1) is 38.0. The van der Waals surface area contributed by atoms with Crippen molar-refractivity contribution in [1.29, 1.82) is 0 Å². The van der Waals surface area contributed by atoms with Crippen LogP contribution in [0.25, 0.3) is 0 Å². The van der Waals surface area contributed by atoms with Gasteiger partial charge in [-0.25, -0.2) is 0 Å². The Hall–Kier alpha value is -3.93. The van der Waals surface area contributed by atoms with Crippen LogP contribution in [-0.2, 0) is 28.6 Å². The molecule has 0 aliphatic carbocycles. The summed E-state index contributed by atoms with van der Waals surface area (Å²) < 4.78 is 16.8. The zero-order valence-electron chi connectivity index (χ0n) is 50.4. The van der Waals surface area contributed by atoms with E-state index in [4.69, 9.17) is 14.2 Å². The predicted molar refractivity (Wildman–Crippen MR) is 334 cm³/mol. The van der Waals surface area contributed by atoms with Gasteiger partial charge in [0.2, 0.25) is 0 Å². The van der Waals surface area contributed by atoms with E-state index in [-0.39, 0.29) is 44.0 Å². The summed E-state index contributed by atoms with van der Waals surface area (Å²) in [6.07, 6.45) is 88.6. The number of allylic oxidation sites excluding steroid dienone is 18. The predicted octanol–water partition coefficient (Wildman–Crippen LogP) is 22.2. The van der Waals surface area contributed by atoms with Gasteiger partial charge in [-0.2, -0.15) is 0 Å². The normalized spacial score (nSPS) is 12.8. The average Bonchev–Trinajstić information content (AvgIpc) is 3.43. The molecule has 0 aromatic heterocycles. The minimum Gasteiger partial charge on any atom is -0.462 e. The van der Waals surface area contributed by atoms with Crippen LogP contribution in [0.5, 0.6) is 0 Å². The maximum Gasteiger partial charge on any atom is 0.306 e. The third-order valence-corrected chi connectivity index (χ3v) is 13.8. The highest BCUT2D eigenvalue weighted by Crippen LogP contribution is 2.17. The molecule has 0 aromatic carbocycles. The highest BCUT2D eigenvalue weighted by Gasteiger charge is 2.19. The molecule has 1 unspecified atom stereocenters. The molecule has 0 spiro atoms. The molecule has 1 atom stereocenters. The van der Waals surface area contributed by atoms with Gasteiger partial charge in [0.1, 0.15) is 13.2 Å². The first-order valence-corrected chi connectivity index (χ1v) is 32.4. The van der Waals surface area contributed by atoms with E-state index in [0.29, 0.717) is 19.3 Å². The fourth-order valence-electron chi connectivity index (χ4n) is 8.97. The molecule has 0 aliphatic rings. The lowest BCUT2D eigenvalue weighted by atomic mass is 10.0. The summed E-state index contributed by atoms with van der Waals surface area (Å²) in [5, 5.41) is 0. The summed E-state index contributed by atoms with van der Waals surface area (Å²) in [5.74, 6) is -1.04. The fourth-order valence-corrected chi connectivity index (χ4v) is 8.97. The van der Waals surface area contributed by atoms with E-state index in [0.717, 1.165) is 83.5 Å². The molecule has 0 amide bonds. The molecule has 0 heterocycles. The standard InChI is InChI=1S/C71H120O6/c1-4-7-10-13-16-19-22-25-27-28-29-30-31-32-33-34-35-36-37-38-39-40-41-42-44-46-49-52-55-58-61-64-70(73)76-67-68(66-75-69(72)63-60-57-54-51-48-45-24-21-18-15-12-9-6-3)77-71(74)65-62-59-56-53-50-47-43-26-23-20-17-14-11-8-5-2/h8-9,11-12,17-18,20-21,26,28-29,43,45,48,50,53-54,57,68H,4-7,10,13-16,19,22-25,27,30-42,44,46-47,49,51-52,55-56,58-67H2,1-3H3/b11-8-,12-9-,20-17-,21-18-,29-28-,43-26-,48-45-,53-50-,57-54-. The van der Waals surface area contributed by atoms with E-state index in [2.05, 4.69) is 118 Å². The average molecular weight is 1070 g/mol. The Labute approximate surface area is 476 Å².